The van der Waals surface area contributed by atoms with Gasteiger partial charge in [-0.25, -0.2) is 0 Å². The van der Waals surface area contributed by atoms with E-state index >= 15 is 0 Å². The first-order chi connectivity index (χ1) is 11.3. The summed E-state index contributed by atoms with van der Waals surface area (Å²) in [6.07, 6.45) is 3.63. The highest BCUT2D eigenvalue weighted by atomic mass is 35.5. The first-order valence-corrected chi connectivity index (χ1v) is 7.71. The number of fused-ring (bicyclic) bond motifs is 1. The molecule has 1 fully saturated rings. The summed E-state index contributed by atoms with van der Waals surface area (Å²) in [5.41, 5.74) is 0.869. The second-order valence-electron chi connectivity index (χ2n) is 5.71. The molecule has 2 aromatic heterocycles. The van der Waals surface area contributed by atoms with E-state index in [1.807, 2.05) is 36.4 Å². The molecule has 1 atom stereocenters. The Morgan fingerprint density at radius 3 is 3.00 bits per heavy atom. The van der Waals surface area contributed by atoms with Crippen LogP contribution in [0, 0.1) is 0 Å². The maximum absolute atomic E-state index is 5.74. The molecule has 24 heavy (non-hydrogen) atoms. The summed E-state index contributed by atoms with van der Waals surface area (Å²) < 4.78 is 11.1. The molecule has 0 radical (unpaired) electrons. The summed E-state index contributed by atoms with van der Waals surface area (Å²) in [4.78, 5) is 6.70. The SMILES string of the molecule is CN1CCNCC1c1noc(/C=C/c2cc3ccccc3o2)n1.Cl. The Bertz CT molecular complexity index is 809. The Hall–Kier alpha value is -2.15. The van der Waals surface area contributed by atoms with E-state index in [1.54, 1.807) is 6.08 Å². The van der Waals surface area contributed by atoms with Gasteiger partial charge < -0.3 is 14.3 Å². The van der Waals surface area contributed by atoms with E-state index in [0.717, 1.165) is 36.4 Å². The third-order valence-electron chi connectivity index (χ3n) is 4.10. The molecule has 0 amide bonds. The fraction of sp³-hybridized carbons (Fsp3) is 0.294. The largest absolute Gasteiger partial charge is 0.457 e. The van der Waals surface area contributed by atoms with Crippen LogP contribution in [0.2, 0.25) is 0 Å². The Balaban J connectivity index is 0.00000169. The molecule has 3 aromatic rings. The average molecular weight is 347 g/mol. The molecule has 1 aliphatic rings. The van der Waals surface area contributed by atoms with Crippen molar-refractivity contribution in [2.45, 2.75) is 6.04 Å². The van der Waals surface area contributed by atoms with Crippen LogP contribution in [-0.4, -0.2) is 41.7 Å². The fourth-order valence-corrected chi connectivity index (χ4v) is 2.78. The van der Waals surface area contributed by atoms with Crippen LogP contribution in [0.4, 0.5) is 0 Å². The number of para-hydroxylation sites is 1. The first-order valence-electron chi connectivity index (χ1n) is 7.71. The monoisotopic (exact) mass is 346 g/mol. The van der Waals surface area contributed by atoms with Crippen molar-refractivity contribution in [3.63, 3.8) is 0 Å². The number of nitrogens with one attached hydrogen (secondary N) is 1. The third-order valence-corrected chi connectivity index (χ3v) is 4.10. The molecule has 126 valence electrons. The molecule has 0 saturated carbocycles. The highest BCUT2D eigenvalue weighted by molar-refractivity contribution is 5.85. The lowest BCUT2D eigenvalue weighted by molar-refractivity contribution is 0.190. The number of halogens is 1. The zero-order valence-corrected chi connectivity index (χ0v) is 14.1. The maximum atomic E-state index is 5.74. The smallest absolute Gasteiger partial charge is 0.250 e. The summed E-state index contributed by atoms with van der Waals surface area (Å²) in [5.74, 6) is 1.96. The number of hydrogen-bond acceptors (Lipinski definition) is 6. The van der Waals surface area contributed by atoms with Gasteiger partial charge in [-0.15, -0.1) is 12.4 Å². The predicted molar refractivity (Wildman–Crippen MR) is 94.9 cm³/mol. The van der Waals surface area contributed by atoms with Crippen LogP contribution >= 0.6 is 12.4 Å². The summed E-state index contributed by atoms with van der Waals surface area (Å²) in [6.45, 7) is 2.80. The van der Waals surface area contributed by atoms with E-state index in [1.165, 1.54) is 0 Å². The Labute approximate surface area is 145 Å². The third kappa shape index (κ3) is 3.36. The van der Waals surface area contributed by atoms with Crippen LogP contribution in [0.5, 0.6) is 0 Å². The van der Waals surface area contributed by atoms with Crippen molar-refractivity contribution in [3.05, 3.63) is 47.8 Å². The van der Waals surface area contributed by atoms with E-state index in [-0.39, 0.29) is 18.4 Å². The van der Waals surface area contributed by atoms with Crippen molar-refractivity contribution in [2.24, 2.45) is 0 Å². The van der Waals surface area contributed by atoms with Gasteiger partial charge in [0.05, 0.1) is 6.04 Å². The number of nitrogens with zero attached hydrogens (tertiary/aromatic N) is 3. The molecular weight excluding hydrogens is 328 g/mol. The van der Waals surface area contributed by atoms with E-state index in [9.17, 15) is 0 Å². The van der Waals surface area contributed by atoms with Crippen molar-refractivity contribution in [2.75, 3.05) is 26.7 Å². The summed E-state index contributed by atoms with van der Waals surface area (Å²) >= 11 is 0. The standard InChI is InChI=1S/C17H18N4O2.ClH/c1-21-9-8-18-11-14(21)17-19-16(23-20-17)7-6-13-10-12-4-2-3-5-15(12)22-13;/h2-7,10,14,18H,8-9,11H2,1H3;1H/b7-6+;. The topological polar surface area (TPSA) is 67.3 Å². The van der Waals surface area contributed by atoms with Gasteiger partial charge in [-0.2, -0.15) is 4.98 Å². The molecule has 0 aliphatic carbocycles. The number of rotatable bonds is 3. The molecule has 1 saturated heterocycles. The summed E-state index contributed by atoms with van der Waals surface area (Å²) in [6, 6.07) is 10.1. The minimum atomic E-state index is 0. The van der Waals surface area contributed by atoms with Crippen molar-refractivity contribution in [1.82, 2.24) is 20.4 Å². The fourth-order valence-electron chi connectivity index (χ4n) is 2.78. The van der Waals surface area contributed by atoms with Crippen molar-refractivity contribution < 1.29 is 8.94 Å². The van der Waals surface area contributed by atoms with Crippen LogP contribution < -0.4 is 5.32 Å². The Kier molecular flexibility index (Phi) is 4.99. The second-order valence-corrected chi connectivity index (χ2v) is 5.71. The number of likely N-dealkylation sites (N-methyl/N-ethyl adjacent to an activating group) is 1. The molecule has 0 spiro atoms. The maximum Gasteiger partial charge on any atom is 0.250 e. The number of furan rings is 1. The van der Waals surface area contributed by atoms with Gasteiger partial charge in [-0.1, -0.05) is 23.4 Å². The normalized spacial score (nSPS) is 19.0. The van der Waals surface area contributed by atoms with Crippen LogP contribution in [0.25, 0.3) is 23.1 Å². The van der Waals surface area contributed by atoms with Crippen molar-refractivity contribution in [1.29, 1.82) is 0 Å². The van der Waals surface area contributed by atoms with E-state index in [4.69, 9.17) is 8.94 Å². The number of benzene rings is 1. The zero-order valence-electron chi connectivity index (χ0n) is 13.3. The minimum Gasteiger partial charge on any atom is -0.457 e. The van der Waals surface area contributed by atoms with Crippen molar-refractivity contribution >= 4 is 35.5 Å². The van der Waals surface area contributed by atoms with Gasteiger partial charge in [0.15, 0.2) is 5.82 Å². The van der Waals surface area contributed by atoms with Gasteiger partial charge in [-0.3, -0.25) is 4.90 Å². The van der Waals surface area contributed by atoms with Crippen LogP contribution in [0.3, 0.4) is 0 Å². The highest BCUT2D eigenvalue weighted by Crippen LogP contribution is 2.21. The minimum absolute atomic E-state index is 0. The van der Waals surface area contributed by atoms with E-state index < -0.39 is 0 Å². The van der Waals surface area contributed by atoms with Crippen LogP contribution in [0.15, 0.2) is 39.3 Å². The molecule has 1 aromatic carbocycles. The number of hydrogen-bond donors (Lipinski definition) is 1. The number of aromatic nitrogens is 2. The lowest BCUT2D eigenvalue weighted by Gasteiger charge is -2.30. The molecule has 6 nitrogen and oxygen atoms in total. The van der Waals surface area contributed by atoms with Gasteiger partial charge in [0.25, 0.3) is 5.89 Å². The molecular formula is C17H19ClN4O2. The lowest BCUT2D eigenvalue weighted by Crippen LogP contribution is -2.44. The molecule has 3 heterocycles. The van der Waals surface area contributed by atoms with Crippen LogP contribution in [0.1, 0.15) is 23.5 Å². The Morgan fingerprint density at radius 2 is 2.17 bits per heavy atom. The summed E-state index contributed by atoms with van der Waals surface area (Å²) in [5, 5.41) is 8.52. The molecule has 0 bridgehead atoms. The zero-order chi connectivity index (χ0) is 15.6. The average Bonchev–Trinajstić information content (AvgIpc) is 3.19. The second kappa shape index (κ2) is 7.17. The van der Waals surface area contributed by atoms with Gasteiger partial charge in [-0.05, 0) is 25.3 Å². The predicted octanol–water partition coefficient (Wildman–Crippen LogP) is 2.98. The Morgan fingerprint density at radius 1 is 1.29 bits per heavy atom. The van der Waals surface area contributed by atoms with Crippen molar-refractivity contribution in [3.8, 4) is 0 Å². The van der Waals surface area contributed by atoms with Gasteiger partial charge in [0.2, 0.25) is 0 Å². The molecule has 1 unspecified atom stereocenters. The molecule has 7 heteroatoms. The number of piperazine rings is 1. The van der Waals surface area contributed by atoms with Gasteiger partial charge in [0.1, 0.15) is 11.3 Å². The lowest BCUT2D eigenvalue weighted by atomic mass is 10.2. The summed E-state index contributed by atoms with van der Waals surface area (Å²) in [7, 11) is 2.08. The quantitative estimate of drug-likeness (QED) is 0.786. The van der Waals surface area contributed by atoms with Crippen LogP contribution in [-0.2, 0) is 0 Å². The van der Waals surface area contributed by atoms with Gasteiger partial charge >= 0.3 is 0 Å². The molecule has 1 N–H and O–H groups in total. The highest BCUT2D eigenvalue weighted by Gasteiger charge is 2.24. The molecule has 1 aliphatic heterocycles. The molecule has 4 rings (SSSR count). The van der Waals surface area contributed by atoms with Gasteiger partial charge in [0, 0.05) is 31.1 Å². The van der Waals surface area contributed by atoms with E-state index in [0.29, 0.717) is 11.7 Å². The first kappa shape index (κ1) is 16.7. The van der Waals surface area contributed by atoms with E-state index in [2.05, 4.69) is 27.4 Å².